The fourth-order valence-electron chi connectivity index (χ4n) is 3.98. The minimum atomic E-state index is -0.0343. The Morgan fingerprint density at radius 3 is 2.48 bits per heavy atom. The maximum absolute atomic E-state index is 12.6. The zero-order chi connectivity index (χ0) is 20.2. The molecule has 1 N–H and O–H groups in total. The molecule has 1 heterocycles. The summed E-state index contributed by atoms with van der Waals surface area (Å²) in [7, 11) is 0. The van der Waals surface area contributed by atoms with Crippen LogP contribution >= 0.6 is 0 Å². The summed E-state index contributed by atoms with van der Waals surface area (Å²) in [6.07, 6.45) is 2.35. The summed E-state index contributed by atoms with van der Waals surface area (Å²) in [6, 6.07) is 24.9. The lowest BCUT2D eigenvalue weighted by Gasteiger charge is -2.31. The Bertz CT molecular complexity index is 976. The van der Waals surface area contributed by atoms with Crippen molar-refractivity contribution in [3.63, 3.8) is 0 Å². The van der Waals surface area contributed by atoms with E-state index in [1.807, 2.05) is 19.1 Å². The monoisotopic (exact) mass is 384 g/mol. The second kappa shape index (κ2) is 8.52. The molecule has 1 amide bonds. The first-order chi connectivity index (χ1) is 14.1. The van der Waals surface area contributed by atoms with Gasteiger partial charge in [-0.3, -0.25) is 4.79 Å². The lowest BCUT2D eigenvalue weighted by molar-refractivity contribution is 0.0940. The number of amides is 1. The number of nitrogens with zero attached hydrogens (tertiary/aromatic N) is 1. The second-order valence-corrected chi connectivity index (χ2v) is 7.96. The lowest BCUT2D eigenvalue weighted by Crippen LogP contribution is -2.29. The van der Waals surface area contributed by atoms with Gasteiger partial charge in [0.05, 0.1) is 6.04 Å². The second-order valence-electron chi connectivity index (χ2n) is 7.96. The third kappa shape index (κ3) is 4.51. The van der Waals surface area contributed by atoms with Crippen LogP contribution in [0.1, 0.15) is 52.0 Å². The van der Waals surface area contributed by atoms with E-state index < -0.39 is 0 Å². The first-order valence-corrected chi connectivity index (χ1v) is 10.4. The highest BCUT2D eigenvalue weighted by Crippen LogP contribution is 2.28. The molecule has 0 saturated heterocycles. The van der Waals surface area contributed by atoms with E-state index >= 15 is 0 Å². The molecular weight excluding hydrogens is 356 g/mol. The number of hydrogen-bond donors (Lipinski definition) is 1. The van der Waals surface area contributed by atoms with Crippen LogP contribution in [0.4, 0.5) is 5.69 Å². The van der Waals surface area contributed by atoms with Gasteiger partial charge in [-0.05, 0) is 61.6 Å². The molecule has 0 bridgehead atoms. The van der Waals surface area contributed by atoms with Crippen LogP contribution in [0, 0.1) is 6.92 Å². The number of para-hydroxylation sites is 1. The molecule has 0 saturated carbocycles. The van der Waals surface area contributed by atoms with E-state index in [4.69, 9.17) is 0 Å². The van der Waals surface area contributed by atoms with Gasteiger partial charge in [0.25, 0.3) is 5.91 Å². The third-order valence-corrected chi connectivity index (χ3v) is 5.72. The van der Waals surface area contributed by atoms with Crippen molar-refractivity contribution < 1.29 is 4.79 Å². The number of nitrogens with one attached hydrogen (secondary N) is 1. The van der Waals surface area contributed by atoms with Crippen molar-refractivity contribution in [1.29, 1.82) is 0 Å². The van der Waals surface area contributed by atoms with E-state index in [-0.39, 0.29) is 11.9 Å². The number of carbonyl (C=O) groups excluding carboxylic acids is 1. The fourth-order valence-corrected chi connectivity index (χ4v) is 3.98. The molecule has 0 fully saturated rings. The lowest BCUT2D eigenvalue weighted by atomic mass is 10.0. The average Bonchev–Trinajstić information content (AvgIpc) is 2.75. The van der Waals surface area contributed by atoms with Crippen LogP contribution in [0.3, 0.4) is 0 Å². The number of hydrogen-bond acceptors (Lipinski definition) is 2. The van der Waals surface area contributed by atoms with E-state index in [9.17, 15) is 4.79 Å². The number of fused-ring (bicyclic) bond motifs is 1. The van der Waals surface area contributed by atoms with E-state index in [1.54, 1.807) is 0 Å². The molecule has 3 aromatic carbocycles. The summed E-state index contributed by atoms with van der Waals surface area (Å²) in [6.45, 7) is 6.04. The number of carbonyl (C=O) groups is 1. The van der Waals surface area contributed by atoms with Gasteiger partial charge in [0, 0.05) is 24.3 Å². The molecule has 3 heteroatoms. The normalized spacial score (nSPS) is 14.2. The van der Waals surface area contributed by atoms with Crippen molar-refractivity contribution in [3.05, 3.63) is 101 Å². The SMILES string of the molecule is Cc1ccc(C(C)NC(=O)c2ccc(CN3CCCc4ccccc43)cc2)cc1. The number of aryl methyl sites for hydroxylation is 2. The molecule has 0 aromatic heterocycles. The fraction of sp³-hybridized carbons (Fsp3) is 0.269. The molecule has 29 heavy (non-hydrogen) atoms. The zero-order valence-electron chi connectivity index (χ0n) is 17.2. The van der Waals surface area contributed by atoms with Gasteiger partial charge in [0.2, 0.25) is 0 Å². The number of anilines is 1. The Kier molecular flexibility index (Phi) is 5.66. The van der Waals surface area contributed by atoms with Gasteiger partial charge in [-0.1, -0.05) is 60.2 Å². The summed E-state index contributed by atoms with van der Waals surface area (Å²) in [5.74, 6) is -0.0343. The van der Waals surface area contributed by atoms with Crippen LogP contribution in [0.5, 0.6) is 0 Å². The van der Waals surface area contributed by atoms with Gasteiger partial charge in [-0.25, -0.2) is 0 Å². The largest absolute Gasteiger partial charge is 0.367 e. The average molecular weight is 385 g/mol. The van der Waals surface area contributed by atoms with Gasteiger partial charge in [0.1, 0.15) is 0 Å². The van der Waals surface area contributed by atoms with Crippen LogP contribution in [-0.2, 0) is 13.0 Å². The summed E-state index contributed by atoms with van der Waals surface area (Å²) < 4.78 is 0. The van der Waals surface area contributed by atoms with Crippen LogP contribution in [0.2, 0.25) is 0 Å². The molecule has 148 valence electrons. The molecule has 0 aliphatic carbocycles. The molecule has 1 aliphatic heterocycles. The van der Waals surface area contributed by atoms with Gasteiger partial charge in [-0.15, -0.1) is 0 Å². The van der Waals surface area contributed by atoms with Gasteiger partial charge < -0.3 is 10.2 Å². The quantitative estimate of drug-likeness (QED) is 0.635. The first kappa shape index (κ1) is 19.3. The van der Waals surface area contributed by atoms with Gasteiger partial charge >= 0.3 is 0 Å². The zero-order valence-corrected chi connectivity index (χ0v) is 17.2. The Morgan fingerprint density at radius 2 is 1.72 bits per heavy atom. The Hall–Kier alpha value is -3.07. The molecule has 1 aliphatic rings. The Balaban J connectivity index is 1.40. The molecule has 1 unspecified atom stereocenters. The predicted octanol–water partition coefficient (Wildman–Crippen LogP) is 5.44. The Morgan fingerprint density at radius 1 is 1.00 bits per heavy atom. The molecule has 4 rings (SSSR count). The number of benzene rings is 3. The number of rotatable bonds is 5. The van der Waals surface area contributed by atoms with Crippen molar-refractivity contribution in [2.75, 3.05) is 11.4 Å². The minimum Gasteiger partial charge on any atom is -0.367 e. The summed E-state index contributed by atoms with van der Waals surface area (Å²) in [5, 5.41) is 3.10. The summed E-state index contributed by atoms with van der Waals surface area (Å²) in [4.78, 5) is 15.1. The molecular formula is C26H28N2O. The molecule has 1 atom stereocenters. The molecule has 0 radical (unpaired) electrons. The summed E-state index contributed by atoms with van der Waals surface area (Å²) in [5.41, 5.74) is 7.03. The predicted molar refractivity (Wildman–Crippen MR) is 119 cm³/mol. The van der Waals surface area contributed by atoms with Gasteiger partial charge in [-0.2, -0.15) is 0 Å². The molecule has 0 spiro atoms. The van der Waals surface area contributed by atoms with Crippen LogP contribution in [-0.4, -0.2) is 12.5 Å². The van der Waals surface area contributed by atoms with Crippen LogP contribution in [0.15, 0.2) is 72.8 Å². The smallest absolute Gasteiger partial charge is 0.251 e. The molecule has 3 aromatic rings. The highest BCUT2D eigenvalue weighted by Gasteiger charge is 2.17. The minimum absolute atomic E-state index is 0.0207. The Labute approximate surface area is 173 Å². The maximum atomic E-state index is 12.6. The van der Waals surface area contributed by atoms with Crippen molar-refractivity contribution in [3.8, 4) is 0 Å². The molecule has 3 nitrogen and oxygen atoms in total. The highest BCUT2D eigenvalue weighted by atomic mass is 16.1. The van der Waals surface area contributed by atoms with Crippen molar-refractivity contribution in [2.24, 2.45) is 0 Å². The first-order valence-electron chi connectivity index (χ1n) is 10.4. The van der Waals surface area contributed by atoms with Crippen molar-refractivity contribution in [2.45, 2.75) is 39.3 Å². The van der Waals surface area contributed by atoms with Crippen molar-refractivity contribution >= 4 is 11.6 Å². The van der Waals surface area contributed by atoms with E-state index in [0.717, 1.165) is 25.1 Å². The maximum Gasteiger partial charge on any atom is 0.251 e. The van der Waals surface area contributed by atoms with Crippen LogP contribution in [0.25, 0.3) is 0 Å². The third-order valence-electron chi connectivity index (χ3n) is 5.72. The van der Waals surface area contributed by atoms with E-state index in [1.165, 1.54) is 28.8 Å². The van der Waals surface area contributed by atoms with E-state index in [2.05, 4.69) is 77.8 Å². The van der Waals surface area contributed by atoms with E-state index in [0.29, 0.717) is 5.56 Å². The van der Waals surface area contributed by atoms with Crippen molar-refractivity contribution in [1.82, 2.24) is 5.32 Å². The highest BCUT2D eigenvalue weighted by molar-refractivity contribution is 5.94. The van der Waals surface area contributed by atoms with Crippen LogP contribution < -0.4 is 10.2 Å². The standard InChI is InChI=1S/C26H28N2O/c1-19-9-13-22(14-10-19)20(2)27-26(29)24-15-11-21(12-16-24)18-28-17-5-7-23-6-3-4-8-25(23)28/h3-4,6,8-16,20H,5,7,17-18H2,1-2H3,(H,27,29). The topological polar surface area (TPSA) is 32.3 Å². The van der Waals surface area contributed by atoms with Gasteiger partial charge in [0.15, 0.2) is 0 Å². The summed E-state index contributed by atoms with van der Waals surface area (Å²) >= 11 is 0.